The molecule has 7 nitrogen and oxygen atoms in total. The fraction of sp³-hybridized carbons (Fsp3) is 0.458. The third-order valence-electron chi connectivity index (χ3n) is 6.34. The molecular formula is C24H28N4O3. The number of fused-ring (bicyclic) bond motifs is 1. The Labute approximate surface area is 182 Å². The number of nitrogens with zero attached hydrogens (tertiary/aromatic N) is 3. The van der Waals surface area contributed by atoms with Crippen LogP contribution in [0.15, 0.2) is 30.3 Å². The number of ether oxygens (including phenoxy) is 1. The molecule has 4 rings (SSSR count). The molecule has 0 saturated carbocycles. The summed E-state index contributed by atoms with van der Waals surface area (Å²) in [5, 5.41) is 12.1. The van der Waals surface area contributed by atoms with Crippen LogP contribution in [-0.4, -0.2) is 40.5 Å². The minimum absolute atomic E-state index is 0.0163. The first-order valence-electron chi connectivity index (χ1n) is 11.0. The number of carbonyl (C=O) groups excluding carboxylic acids is 2. The minimum Gasteiger partial charge on any atom is -0.373 e. The van der Waals surface area contributed by atoms with Gasteiger partial charge >= 0.3 is 0 Å². The zero-order valence-electron chi connectivity index (χ0n) is 18.1. The van der Waals surface area contributed by atoms with Gasteiger partial charge in [-0.1, -0.05) is 19.1 Å². The minimum atomic E-state index is -0.201. The lowest BCUT2D eigenvalue weighted by atomic mass is 10.0. The SMILES string of the molecule is CCC(NC(=O)c1cc(C(=O)N2CCCC2C)c2n1CCOC2)c1ccc(C#N)cc1. The van der Waals surface area contributed by atoms with Gasteiger partial charge in [0.05, 0.1) is 42.1 Å². The van der Waals surface area contributed by atoms with Gasteiger partial charge in [0.2, 0.25) is 0 Å². The second-order valence-corrected chi connectivity index (χ2v) is 8.25. The Morgan fingerprint density at radius 2 is 2.06 bits per heavy atom. The molecule has 3 heterocycles. The second-order valence-electron chi connectivity index (χ2n) is 8.25. The fourth-order valence-corrected chi connectivity index (χ4v) is 4.53. The third kappa shape index (κ3) is 4.08. The summed E-state index contributed by atoms with van der Waals surface area (Å²) in [6, 6.07) is 11.1. The number of carbonyl (C=O) groups is 2. The Bertz CT molecular complexity index is 1020. The lowest BCUT2D eigenvalue weighted by Crippen LogP contribution is -2.34. The Morgan fingerprint density at radius 3 is 2.71 bits per heavy atom. The predicted molar refractivity (Wildman–Crippen MR) is 115 cm³/mol. The highest BCUT2D eigenvalue weighted by Crippen LogP contribution is 2.27. The first-order chi connectivity index (χ1) is 15.0. The topological polar surface area (TPSA) is 87.4 Å². The Balaban J connectivity index is 1.60. The van der Waals surface area contributed by atoms with Crippen molar-refractivity contribution in [2.75, 3.05) is 13.2 Å². The van der Waals surface area contributed by atoms with Crippen LogP contribution >= 0.6 is 0 Å². The first kappa shape index (κ1) is 21.1. The van der Waals surface area contributed by atoms with Gasteiger partial charge in [0.25, 0.3) is 11.8 Å². The molecule has 2 amide bonds. The predicted octanol–water partition coefficient (Wildman–Crippen LogP) is 3.40. The van der Waals surface area contributed by atoms with Crippen molar-refractivity contribution in [3.05, 3.63) is 58.4 Å². The molecule has 31 heavy (non-hydrogen) atoms. The van der Waals surface area contributed by atoms with Crippen molar-refractivity contribution >= 4 is 11.8 Å². The number of amides is 2. The van der Waals surface area contributed by atoms with Gasteiger partial charge in [0.15, 0.2) is 0 Å². The molecule has 7 heteroatoms. The molecule has 1 N–H and O–H groups in total. The molecule has 1 saturated heterocycles. The number of nitrogens with one attached hydrogen (secondary N) is 1. The second kappa shape index (κ2) is 8.94. The quantitative estimate of drug-likeness (QED) is 0.803. The molecule has 1 aromatic heterocycles. The van der Waals surface area contributed by atoms with E-state index in [-0.39, 0.29) is 23.9 Å². The molecule has 2 aliphatic rings. The summed E-state index contributed by atoms with van der Waals surface area (Å²) in [6.45, 7) is 6.24. The molecule has 2 atom stereocenters. The Kier molecular flexibility index (Phi) is 6.10. The summed E-state index contributed by atoms with van der Waals surface area (Å²) < 4.78 is 7.54. The van der Waals surface area contributed by atoms with E-state index in [0.29, 0.717) is 43.0 Å². The molecule has 162 valence electrons. The molecular weight excluding hydrogens is 392 g/mol. The Hall–Kier alpha value is -3.11. The van der Waals surface area contributed by atoms with E-state index < -0.39 is 0 Å². The van der Waals surface area contributed by atoms with Gasteiger partial charge in [0, 0.05) is 19.1 Å². The summed E-state index contributed by atoms with van der Waals surface area (Å²) in [6.07, 6.45) is 2.73. The summed E-state index contributed by atoms with van der Waals surface area (Å²) in [5.41, 5.74) is 3.40. The number of hydrogen-bond donors (Lipinski definition) is 1. The largest absolute Gasteiger partial charge is 0.373 e. The van der Waals surface area contributed by atoms with E-state index in [4.69, 9.17) is 10.00 Å². The number of likely N-dealkylation sites (tertiary alicyclic amines) is 1. The molecule has 0 bridgehead atoms. The van der Waals surface area contributed by atoms with Crippen molar-refractivity contribution in [3.8, 4) is 6.07 Å². The number of rotatable bonds is 5. The summed E-state index contributed by atoms with van der Waals surface area (Å²) in [7, 11) is 0. The third-order valence-corrected chi connectivity index (χ3v) is 6.34. The van der Waals surface area contributed by atoms with Gasteiger partial charge in [-0.15, -0.1) is 0 Å². The average Bonchev–Trinajstić information content (AvgIpc) is 3.41. The number of hydrogen-bond acceptors (Lipinski definition) is 4. The smallest absolute Gasteiger partial charge is 0.268 e. The van der Waals surface area contributed by atoms with Gasteiger partial charge in [-0.25, -0.2) is 0 Å². The van der Waals surface area contributed by atoms with Crippen molar-refractivity contribution in [2.45, 2.75) is 58.3 Å². The summed E-state index contributed by atoms with van der Waals surface area (Å²) in [5.74, 6) is -0.217. The normalized spacial score (nSPS) is 18.9. The zero-order valence-corrected chi connectivity index (χ0v) is 18.1. The highest BCUT2D eigenvalue weighted by Gasteiger charge is 2.32. The van der Waals surface area contributed by atoms with Crippen LogP contribution in [0.1, 0.15) is 76.8 Å². The maximum absolute atomic E-state index is 13.3. The van der Waals surface area contributed by atoms with Gasteiger partial charge in [-0.2, -0.15) is 5.26 Å². The standard InChI is InChI=1S/C24H28N4O3/c1-3-20(18-8-6-17(14-25)7-9-18)26-23(29)21-13-19(22-15-31-12-11-28(21)22)24(30)27-10-4-5-16(27)2/h6-9,13,16,20H,3-5,10-12,15H2,1-2H3,(H,26,29). The van der Waals surface area contributed by atoms with Crippen LogP contribution in [0, 0.1) is 11.3 Å². The van der Waals surface area contributed by atoms with E-state index in [1.165, 1.54) is 0 Å². The molecule has 0 aliphatic carbocycles. The van der Waals surface area contributed by atoms with Crippen molar-refractivity contribution in [2.24, 2.45) is 0 Å². The molecule has 1 aromatic carbocycles. The van der Waals surface area contributed by atoms with Crippen LogP contribution in [0.4, 0.5) is 0 Å². The first-order valence-corrected chi connectivity index (χ1v) is 11.0. The van der Waals surface area contributed by atoms with Gasteiger partial charge < -0.3 is 19.5 Å². The lowest BCUT2D eigenvalue weighted by molar-refractivity contribution is 0.0696. The monoisotopic (exact) mass is 420 g/mol. The maximum atomic E-state index is 13.3. The summed E-state index contributed by atoms with van der Waals surface area (Å²) >= 11 is 0. The Morgan fingerprint density at radius 1 is 1.29 bits per heavy atom. The average molecular weight is 421 g/mol. The van der Waals surface area contributed by atoms with Crippen molar-refractivity contribution in [1.29, 1.82) is 5.26 Å². The molecule has 0 radical (unpaired) electrons. The number of nitriles is 1. The van der Waals surface area contributed by atoms with Crippen LogP contribution in [-0.2, 0) is 17.9 Å². The van der Waals surface area contributed by atoms with E-state index in [1.54, 1.807) is 18.2 Å². The lowest BCUT2D eigenvalue weighted by Gasteiger charge is -2.23. The van der Waals surface area contributed by atoms with Gasteiger partial charge in [-0.05, 0) is 49.9 Å². The highest BCUT2D eigenvalue weighted by atomic mass is 16.5. The van der Waals surface area contributed by atoms with Crippen LogP contribution in [0.5, 0.6) is 0 Å². The zero-order chi connectivity index (χ0) is 22.0. The van der Waals surface area contributed by atoms with Crippen molar-refractivity contribution in [1.82, 2.24) is 14.8 Å². The van der Waals surface area contributed by atoms with Crippen LogP contribution in [0.25, 0.3) is 0 Å². The van der Waals surface area contributed by atoms with Crippen LogP contribution in [0.3, 0.4) is 0 Å². The molecule has 2 aliphatic heterocycles. The molecule has 0 spiro atoms. The van der Waals surface area contributed by atoms with Crippen LogP contribution < -0.4 is 5.32 Å². The van der Waals surface area contributed by atoms with E-state index in [9.17, 15) is 9.59 Å². The van der Waals surface area contributed by atoms with Gasteiger partial charge in [-0.3, -0.25) is 9.59 Å². The van der Waals surface area contributed by atoms with E-state index in [2.05, 4.69) is 18.3 Å². The summed E-state index contributed by atoms with van der Waals surface area (Å²) in [4.78, 5) is 28.4. The molecule has 2 unspecified atom stereocenters. The van der Waals surface area contributed by atoms with Crippen molar-refractivity contribution in [3.63, 3.8) is 0 Å². The van der Waals surface area contributed by atoms with Crippen LogP contribution in [0.2, 0.25) is 0 Å². The van der Waals surface area contributed by atoms with Gasteiger partial charge in [0.1, 0.15) is 5.69 Å². The van der Waals surface area contributed by atoms with E-state index in [0.717, 1.165) is 30.6 Å². The fourth-order valence-electron chi connectivity index (χ4n) is 4.53. The maximum Gasteiger partial charge on any atom is 0.268 e. The van der Waals surface area contributed by atoms with E-state index >= 15 is 0 Å². The molecule has 2 aromatic rings. The highest BCUT2D eigenvalue weighted by molar-refractivity contribution is 6.01. The number of aromatic nitrogens is 1. The van der Waals surface area contributed by atoms with E-state index in [1.807, 2.05) is 28.5 Å². The number of benzene rings is 1. The van der Waals surface area contributed by atoms with Crippen molar-refractivity contribution < 1.29 is 14.3 Å². The molecule has 1 fully saturated rings.